The van der Waals surface area contributed by atoms with Gasteiger partial charge in [-0.15, -0.1) is 0 Å². The number of H-pyrrole nitrogens is 1. The number of methoxy groups -OCH3 is 1. The second kappa shape index (κ2) is 9.53. The predicted molar refractivity (Wildman–Crippen MR) is 121 cm³/mol. The van der Waals surface area contributed by atoms with E-state index in [1.165, 1.54) is 0 Å². The zero-order chi connectivity index (χ0) is 23.5. The van der Waals surface area contributed by atoms with Crippen LogP contribution in [-0.4, -0.2) is 59.9 Å². The number of nitriles is 1. The molecule has 2 aliphatic rings. The number of amides is 3. The number of carbonyl (C=O) groups excluding carboxylic acids is 3. The highest BCUT2D eigenvalue weighted by Gasteiger charge is 2.40. The molecule has 1 aromatic heterocycles. The normalized spacial score (nSPS) is 23.2. The van der Waals surface area contributed by atoms with Crippen LogP contribution in [-0.2, 0) is 9.59 Å². The van der Waals surface area contributed by atoms with Gasteiger partial charge in [-0.05, 0) is 43.4 Å². The lowest BCUT2D eigenvalue weighted by Gasteiger charge is -2.25. The van der Waals surface area contributed by atoms with E-state index in [0.717, 1.165) is 17.3 Å². The van der Waals surface area contributed by atoms with Crippen LogP contribution >= 0.6 is 0 Å². The van der Waals surface area contributed by atoms with Gasteiger partial charge in [0.2, 0.25) is 11.8 Å². The van der Waals surface area contributed by atoms with Crippen molar-refractivity contribution in [3.8, 4) is 11.8 Å². The highest BCUT2D eigenvalue weighted by atomic mass is 16.5. The Morgan fingerprint density at radius 3 is 2.88 bits per heavy atom. The number of ether oxygens (including phenoxy) is 1. The maximum Gasteiger partial charge on any atom is 0.270 e. The number of hydrogen-bond acceptors (Lipinski definition) is 5. The highest BCUT2D eigenvalue weighted by Crippen LogP contribution is 2.30. The minimum atomic E-state index is -0.777. The summed E-state index contributed by atoms with van der Waals surface area (Å²) in [6, 6.07) is 7.96. The molecule has 9 nitrogen and oxygen atoms in total. The van der Waals surface area contributed by atoms with Crippen LogP contribution in [0.4, 0.5) is 0 Å². The van der Waals surface area contributed by atoms with Crippen molar-refractivity contribution in [1.29, 1.82) is 5.26 Å². The van der Waals surface area contributed by atoms with E-state index in [2.05, 4.69) is 21.7 Å². The number of hydrogen-bond donors (Lipinski definition) is 3. The summed E-state index contributed by atoms with van der Waals surface area (Å²) in [6.45, 7) is 3.11. The van der Waals surface area contributed by atoms with E-state index in [1.54, 1.807) is 18.1 Å². The number of aromatic amines is 1. The van der Waals surface area contributed by atoms with Crippen LogP contribution in [0.25, 0.3) is 10.9 Å². The van der Waals surface area contributed by atoms with Crippen molar-refractivity contribution in [3.05, 3.63) is 30.0 Å². The first kappa shape index (κ1) is 22.6. The molecule has 3 N–H and O–H groups in total. The monoisotopic (exact) mass is 451 g/mol. The summed E-state index contributed by atoms with van der Waals surface area (Å²) in [5.74, 6) is -0.100. The van der Waals surface area contributed by atoms with Crippen molar-refractivity contribution in [2.24, 2.45) is 11.8 Å². The minimum absolute atomic E-state index is 0.0811. The molecule has 0 aliphatic carbocycles. The quantitative estimate of drug-likeness (QED) is 0.593. The van der Waals surface area contributed by atoms with Gasteiger partial charge in [0.05, 0.1) is 13.2 Å². The van der Waals surface area contributed by atoms with E-state index >= 15 is 0 Å². The van der Waals surface area contributed by atoms with Crippen LogP contribution in [0, 0.1) is 23.2 Å². The van der Waals surface area contributed by atoms with Gasteiger partial charge in [-0.3, -0.25) is 14.4 Å². The smallest absolute Gasteiger partial charge is 0.270 e. The molecule has 1 aromatic carbocycles. The van der Waals surface area contributed by atoms with Gasteiger partial charge in [-0.1, -0.05) is 19.4 Å². The fraction of sp³-hybridized carbons (Fsp3) is 0.500. The fourth-order valence-electron chi connectivity index (χ4n) is 4.83. The van der Waals surface area contributed by atoms with Crippen LogP contribution in [0.3, 0.4) is 0 Å². The molecule has 2 saturated heterocycles. The molecule has 3 heterocycles. The number of rotatable bonds is 7. The van der Waals surface area contributed by atoms with Crippen LogP contribution in [0.5, 0.6) is 5.75 Å². The standard InChI is InChI=1S/C24H29N5O4/c1-3-14-9-20(23(31)27-16(12-25)10-15-7-8-26-22(15)30)29(13-14)24(32)19-11-17-18(28-19)5-4-6-21(17)33-2/h4-6,11,14-16,20,28H,3,7-10,13H2,1-2H3,(H,26,30)(H,27,31)/t14-,15+,16+,20+/m1/s1. The average molecular weight is 452 g/mol. The molecule has 4 rings (SSSR count). The van der Waals surface area contributed by atoms with Crippen molar-refractivity contribution in [1.82, 2.24) is 20.5 Å². The number of aromatic nitrogens is 1. The van der Waals surface area contributed by atoms with E-state index in [-0.39, 0.29) is 36.0 Å². The highest BCUT2D eigenvalue weighted by molar-refractivity contribution is 6.01. The van der Waals surface area contributed by atoms with Crippen LogP contribution < -0.4 is 15.4 Å². The van der Waals surface area contributed by atoms with Gasteiger partial charge in [-0.2, -0.15) is 5.26 Å². The Labute approximate surface area is 192 Å². The lowest BCUT2D eigenvalue weighted by atomic mass is 9.98. The molecule has 0 saturated carbocycles. The van der Waals surface area contributed by atoms with Gasteiger partial charge >= 0.3 is 0 Å². The zero-order valence-electron chi connectivity index (χ0n) is 18.9. The Bertz CT molecular complexity index is 1100. The predicted octanol–water partition coefficient (Wildman–Crippen LogP) is 1.95. The molecule has 0 spiro atoms. The fourth-order valence-corrected chi connectivity index (χ4v) is 4.83. The summed E-state index contributed by atoms with van der Waals surface area (Å²) >= 11 is 0. The van der Waals surface area contributed by atoms with Crippen molar-refractivity contribution in [2.45, 2.75) is 44.7 Å². The van der Waals surface area contributed by atoms with Crippen molar-refractivity contribution < 1.29 is 19.1 Å². The molecule has 33 heavy (non-hydrogen) atoms. The molecule has 9 heteroatoms. The molecule has 0 bridgehead atoms. The number of nitrogens with zero attached hydrogens (tertiary/aromatic N) is 2. The first-order valence-electron chi connectivity index (χ1n) is 11.4. The molecular formula is C24H29N5O4. The van der Waals surface area contributed by atoms with E-state index in [1.807, 2.05) is 25.1 Å². The number of carbonyl (C=O) groups is 3. The Balaban J connectivity index is 1.52. The maximum absolute atomic E-state index is 13.4. The van der Waals surface area contributed by atoms with Gasteiger partial charge in [0.15, 0.2) is 0 Å². The van der Waals surface area contributed by atoms with Gasteiger partial charge in [0.25, 0.3) is 5.91 Å². The Morgan fingerprint density at radius 2 is 2.21 bits per heavy atom. The molecule has 3 amide bonds. The summed E-state index contributed by atoms with van der Waals surface area (Å²) in [6.07, 6.45) is 2.31. The first-order chi connectivity index (χ1) is 15.9. The topological polar surface area (TPSA) is 127 Å². The van der Waals surface area contributed by atoms with Gasteiger partial charge in [0.1, 0.15) is 23.5 Å². The molecule has 0 unspecified atom stereocenters. The lowest BCUT2D eigenvalue weighted by Crippen LogP contribution is -2.49. The van der Waals surface area contributed by atoms with Crippen molar-refractivity contribution >= 4 is 28.6 Å². The van der Waals surface area contributed by atoms with E-state index in [4.69, 9.17) is 4.74 Å². The summed E-state index contributed by atoms with van der Waals surface area (Å²) < 4.78 is 5.39. The van der Waals surface area contributed by atoms with E-state index in [0.29, 0.717) is 37.4 Å². The zero-order valence-corrected chi connectivity index (χ0v) is 18.9. The van der Waals surface area contributed by atoms with E-state index < -0.39 is 12.1 Å². The Hall–Kier alpha value is -3.54. The summed E-state index contributed by atoms with van der Waals surface area (Å²) in [4.78, 5) is 43.2. The molecular weight excluding hydrogens is 422 g/mol. The number of fused-ring (bicyclic) bond motifs is 1. The molecule has 174 valence electrons. The van der Waals surface area contributed by atoms with E-state index in [9.17, 15) is 19.6 Å². The average Bonchev–Trinajstić information content (AvgIpc) is 3.55. The third-order valence-corrected chi connectivity index (χ3v) is 6.76. The third kappa shape index (κ3) is 4.51. The summed E-state index contributed by atoms with van der Waals surface area (Å²) in [5.41, 5.74) is 1.17. The summed E-state index contributed by atoms with van der Waals surface area (Å²) in [5, 5.41) is 15.9. The Morgan fingerprint density at radius 1 is 1.39 bits per heavy atom. The number of nitrogens with one attached hydrogen (secondary N) is 3. The largest absolute Gasteiger partial charge is 0.496 e. The molecule has 0 radical (unpaired) electrons. The first-order valence-corrected chi connectivity index (χ1v) is 11.4. The molecule has 4 atom stereocenters. The summed E-state index contributed by atoms with van der Waals surface area (Å²) in [7, 11) is 1.58. The minimum Gasteiger partial charge on any atom is -0.496 e. The van der Waals surface area contributed by atoms with Crippen LogP contribution in [0.1, 0.15) is 43.1 Å². The lowest BCUT2D eigenvalue weighted by molar-refractivity contribution is -0.126. The molecule has 2 aliphatic heterocycles. The van der Waals surface area contributed by atoms with Crippen LogP contribution in [0.2, 0.25) is 0 Å². The van der Waals surface area contributed by atoms with Crippen LogP contribution in [0.15, 0.2) is 24.3 Å². The number of likely N-dealkylation sites (tertiary alicyclic amines) is 1. The van der Waals surface area contributed by atoms with Gasteiger partial charge in [-0.25, -0.2) is 0 Å². The second-order valence-electron chi connectivity index (χ2n) is 8.79. The van der Waals surface area contributed by atoms with Gasteiger partial charge in [0, 0.05) is 29.9 Å². The second-order valence-corrected chi connectivity index (χ2v) is 8.79. The molecule has 2 aromatic rings. The SMILES string of the molecule is CC[C@@H]1C[C@@H](C(=O)N[C@H](C#N)C[C@@H]2CCNC2=O)N(C(=O)c2cc3c(OC)cccc3[nH]2)C1. The third-order valence-electron chi connectivity index (χ3n) is 6.76. The maximum atomic E-state index is 13.4. The van der Waals surface area contributed by atoms with Gasteiger partial charge < -0.3 is 25.3 Å². The van der Waals surface area contributed by atoms with Crippen molar-refractivity contribution in [3.63, 3.8) is 0 Å². The Kier molecular flexibility index (Phi) is 6.54. The van der Waals surface area contributed by atoms with Crippen molar-refractivity contribution in [2.75, 3.05) is 20.2 Å². The molecule has 2 fully saturated rings. The number of benzene rings is 1.